The van der Waals surface area contributed by atoms with Crippen molar-refractivity contribution in [1.29, 1.82) is 0 Å². The first-order valence-corrected chi connectivity index (χ1v) is 31.5. The second kappa shape index (κ2) is 51.5. The summed E-state index contributed by atoms with van der Waals surface area (Å²) in [6, 6.07) is -0.850. The summed E-state index contributed by atoms with van der Waals surface area (Å²) in [5.41, 5.74) is 0. The average molecular weight is 1020 g/mol. The fourth-order valence-corrected chi connectivity index (χ4v) is 9.44. The highest BCUT2D eigenvalue weighted by molar-refractivity contribution is 7.47. The number of ether oxygens (including phenoxy) is 1. The summed E-state index contributed by atoms with van der Waals surface area (Å²) in [6.07, 6.45) is 62.5. The maximum Gasteiger partial charge on any atom is 0.472 e. The van der Waals surface area contributed by atoms with Gasteiger partial charge in [0.15, 0.2) is 0 Å². The molecular weight excluding hydrogens is 904 g/mol. The van der Waals surface area contributed by atoms with Gasteiger partial charge in [-0.15, -0.1) is 0 Å². The van der Waals surface area contributed by atoms with E-state index >= 15 is 0 Å². The summed E-state index contributed by atoms with van der Waals surface area (Å²) < 4.78 is 30.6. The molecule has 3 atom stereocenters. The summed E-state index contributed by atoms with van der Waals surface area (Å²) in [5, 5.41) is 3.05. The SMILES string of the molecule is CC/C=C/C=C/C=C/CCCCCCCCCC(=O)OC(/C=C/CCCCCCCCCCC)C(COP(=O)(O)OCC[N+](C)(C)C)NC(=O)CCCCCCCCCCCCCCCCCCCCC. The molecule has 0 heterocycles. The van der Waals surface area contributed by atoms with E-state index in [1.54, 1.807) is 0 Å². The lowest BCUT2D eigenvalue weighted by Gasteiger charge is -2.27. The van der Waals surface area contributed by atoms with Crippen LogP contribution in [-0.2, 0) is 27.9 Å². The normalized spacial score (nSPS) is 14.1. The van der Waals surface area contributed by atoms with Crippen LogP contribution in [0.4, 0.5) is 0 Å². The van der Waals surface area contributed by atoms with Gasteiger partial charge >= 0.3 is 13.8 Å². The van der Waals surface area contributed by atoms with E-state index < -0.39 is 20.0 Å². The van der Waals surface area contributed by atoms with Crippen LogP contribution in [0, 0.1) is 0 Å². The Kier molecular flexibility index (Phi) is 50.0. The number of phosphoric ester groups is 1. The number of unbranched alkanes of at least 4 members (excludes halogenated alkanes) is 34. The number of carbonyl (C=O) groups excluding carboxylic acids is 2. The molecule has 0 radical (unpaired) electrons. The second-order valence-corrected chi connectivity index (χ2v) is 23.0. The Hall–Kier alpha value is -2.03. The first kappa shape index (κ1) is 69.0. The molecule has 9 nitrogen and oxygen atoms in total. The molecule has 0 bridgehead atoms. The molecule has 2 N–H and O–H groups in total. The number of nitrogens with zero attached hydrogens (tertiary/aromatic N) is 1. The first-order valence-electron chi connectivity index (χ1n) is 30.0. The van der Waals surface area contributed by atoms with Gasteiger partial charge in [0.1, 0.15) is 19.3 Å². The van der Waals surface area contributed by atoms with Gasteiger partial charge in [0.05, 0.1) is 33.8 Å². The van der Waals surface area contributed by atoms with Gasteiger partial charge in [-0.1, -0.05) is 262 Å². The lowest BCUT2D eigenvalue weighted by atomic mass is 10.0. The van der Waals surface area contributed by atoms with Gasteiger partial charge in [-0.05, 0) is 51.0 Å². The maximum absolute atomic E-state index is 13.5. The number of amides is 1. The predicted octanol–water partition coefficient (Wildman–Crippen LogP) is 18.1. The highest BCUT2D eigenvalue weighted by Crippen LogP contribution is 2.43. The zero-order valence-corrected chi connectivity index (χ0v) is 48.4. The van der Waals surface area contributed by atoms with E-state index in [9.17, 15) is 19.0 Å². The van der Waals surface area contributed by atoms with Crippen LogP contribution in [0.1, 0.15) is 278 Å². The van der Waals surface area contributed by atoms with Gasteiger partial charge in [0.2, 0.25) is 5.91 Å². The van der Waals surface area contributed by atoms with Crippen LogP contribution >= 0.6 is 7.82 Å². The standard InChI is InChI=1S/C61H115N2O7P/c1-7-10-13-16-19-22-25-27-29-30-31-32-34-35-38-41-44-47-50-53-60(64)62-58(57-69-71(66,67)68-56-55-63(4,5)6)59(52-49-46-43-40-37-24-21-18-15-12-9-3)70-61(65)54-51-48-45-42-39-36-33-28-26-23-20-17-14-11-8-2/h11,14,17,20,23,26,49,52,58-59H,7-10,12-13,15-16,18-19,21-22,24-25,27-48,50-51,53-57H2,1-6H3,(H-,62,64,66,67)/p+1/b14-11+,20-17+,26-23+,52-49+. The van der Waals surface area contributed by atoms with E-state index in [0.29, 0.717) is 17.4 Å². The lowest BCUT2D eigenvalue weighted by Crippen LogP contribution is -2.47. The fraction of sp³-hybridized carbons (Fsp3) is 0.836. The monoisotopic (exact) mass is 1020 g/mol. The van der Waals surface area contributed by atoms with Crippen molar-refractivity contribution in [1.82, 2.24) is 5.32 Å². The zero-order valence-electron chi connectivity index (χ0n) is 47.5. The number of phosphoric acid groups is 1. The topological polar surface area (TPSA) is 111 Å². The van der Waals surface area contributed by atoms with Crippen molar-refractivity contribution in [2.45, 2.75) is 290 Å². The third kappa shape index (κ3) is 52.6. The van der Waals surface area contributed by atoms with Crippen molar-refractivity contribution in [2.75, 3.05) is 40.9 Å². The van der Waals surface area contributed by atoms with Gasteiger partial charge in [0, 0.05) is 12.8 Å². The number of hydrogen-bond acceptors (Lipinski definition) is 6. The van der Waals surface area contributed by atoms with Gasteiger partial charge in [0.25, 0.3) is 0 Å². The molecule has 0 rings (SSSR count). The lowest BCUT2D eigenvalue weighted by molar-refractivity contribution is -0.870. The number of likely N-dealkylation sites (N-methyl/N-ethyl adjacent to an activating group) is 1. The predicted molar refractivity (Wildman–Crippen MR) is 305 cm³/mol. The van der Waals surface area contributed by atoms with Crippen molar-refractivity contribution in [3.63, 3.8) is 0 Å². The molecule has 0 aliphatic carbocycles. The van der Waals surface area contributed by atoms with E-state index in [1.165, 1.54) is 167 Å². The zero-order chi connectivity index (χ0) is 52.2. The highest BCUT2D eigenvalue weighted by Gasteiger charge is 2.30. The van der Waals surface area contributed by atoms with E-state index in [-0.39, 0.29) is 31.5 Å². The minimum absolute atomic E-state index is 0.0390. The molecular formula is C61H116N2O7P+. The van der Waals surface area contributed by atoms with Gasteiger partial charge < -0.3 is 19.4 Å². The Morgan fingerprint density at radius 3 is 1.34 bits per heavy atom. The Labute approximate surface area is 439 Å². The second-order valence-electron chi connectivity index (χ2n) is 21.6. The minimum atomic E-state index is -4.44. The average Bonchev–Trinajstić information content (AvgIpc) is 3.33. The smallest absolute Gasteiger partial charge is 0.456 e. The Morgan fingerprint density at radius 2 is 0.901 bits per heavy atom. The number of quaternary nitrogens is 1. The molecule has 0 spiro atoms. The number of hydrogen-bond donors (Lipinski definition) is 2. The number of rotatable bonds is 54. The van der Waals surface area contributed by atoms with Crippen molar-refractivity contribution in [2.24, 2.45) is 0 Å². The number of nitrogens with one attached hydrogen (secondary N) is 1. The molecule has 0 aliphatic heterocycles. The van der Waals surface area contributed by atoms with Crippen LogP contribution in [0.15, 0.2) is 48.6 Å². The Bertz CT molecular complexity index is 1360. The molecule has 10 heteroatoms. The van der Waals surface area contributed by atoms with Crippen molar-refractivity contribution >= 4 is 19.7 Å². The number of carbonyl (C=O) groups is 2. The van der Waals surface area contributed by atoms with E-state index in [1.807, 2.05) is 33.3 Å². The summed E-state index contributed by atoms with van der Waals surface area (Å²) >= 11 is 0. The van der Waals surface area contributed by atoms with Gasteiger partial charge in [-0.2, -0.15) is 0 Å². The Morgan fingerprint density at radius 1 is 0.507 bits per heavy atom. The number of allylic oxidation sites excluding steroid dienone is 7. The van der Waals surface area contributed by atoms with E-state index in [2.05, 4.69) is 62.5 Å². The molecule has 0 fully saturated rings. The molecule has 0 saturated heterocycles. The van der Waals surface area contributed by atoms with Crippen molar-refractivity contribution in [3.8, 4) is 0 Å². The number of esters is 1. The molecule has 3 unspecified atom stereocenters. The van der Waals surface area contributed by atoms with Crippen LogP contribution in [0.2, 0.25) is 0 Å². The van der Waals surface area contributed by atoms with Gasteiger partial charge in [-0.25, -0.2) is 4.57 Å². The van der Waals surface area contributed by atoms with Crippen molar-refractivity contribution in [3.05, 3.63) is 48.6 Å². The molecule has 71 heavy (non-hydrogen) atoms. The fourth-order valence-electron chi connectivity index (χ4n) is 8.71. The minimum Gasteiger partial charge on any atom is -0.456 e. The van der Waals surface area contributed by atoms with Crippen LogP contribution in [0.3, 0.4) is 0 Å². The summed E-state index contributed by atoms with van der Waals surface area (Å²) in [4.78, 5) is 37.6. The van der Waals surface area contributed by atoms with Crippen LogP contribution in [0.25, 0.3) is 0 Å². The van der Waals surface area contributed by atoms with Crippen LogP contribution in [0.5, 0.6) is 0 Å². The highest BCUT2D eigenvalue weighted by atomic mass is 31.2. The van der Waals surface area contributed by atoms with Crippen LogP contribution in [-0.4, -0.2) is 74.3 Å². The third-order valence-corrected chi connectivity index (χ3v) is 14.3. The van der Waals surface area contributed by atoms with Crippen molar-refractivity contribution < 1.29 is 37.3 Å². The molecule has 0 aromatic rings. The molecule has 1 amide bonds. The summed E-state index contributed by atoms with van der Waals surface area (Å²) in [6.45, 7) is 6.89. The molecule has 0 saturated carbocycles. The van der Waals surface area contributed by atoms with Gasteiger partial charge in [-0.3, -0.25) is 18.6 Å². The largest absolute Gasteiger partial charge is 0.472 e. The Balaban J connectivity index is 5.23. The van der Waals surface area contributed by atoms with E-state index in [0.717, 1.165) is 77.0 Å². The third-order valence-electron chi connectivity index (χ3n) is 13.3. The molecule has 0 aromatic carbocycles. The summed E-state index contributed by atoms with van der Waals surface area (Å²) in [5.74, 6) is -0.511. The van der Waals surface area contributed by atoms with E-state index in [4.69, 9.17) is 13.8 Å². The maximum atomic E-state index is 13.5. The quantitative estimate of drug-likeness (QED) is 0.0156. The molecule has 0 aliphatic rings. The molecule has 416 valence electrons. The molecule has 0 aromatic heterocycles. The van der Waals surface area contributed by atoms with Crippen LogP contribution < -0.4 is 5.32 Å². The first-order chi connectivity index (χ1) is 34.4. The summed E-state index contributed by atoms with van der Waals surface area (Å²) in [7, 11) is 1.49.